The lowest BCUT2D eigenvalue weighted by Crippen LogP contribution is -3.13. The van der Waals surface area contributed by atoms with E-state index in [4.69, 9.17) is 4.74 Å². The first-order chi connectivity index (χ1) is 14.7. The molecule has 158 valence electrons. The van der Waals surface area contributed by atoms with Gasteiger partial charge in [0.15, 0.2) is 6.04 Å². The van der Waals surface area contributed by atoms with E-state index in [1.54, 1.807) is 0 Å². The number of pyridine rings is 1. The number of hydrogen-bond acceptors (Lipinski definition) is 5. The Labute approximate surface area is 175 Å². The lowest BCUT2D eigenvalue weighted by molar-refractivity contribution is -0.931. The van der Waals surface area contributed by atoms with Gasteiger partial charge in [0.25, 0.3) is 5.56 Å². The Morgan fingerprint density at radius 3 is 2.90 bits per heavy atom. The van der Waals surface area contributed by atoms with E-state index in [0.29, 0.717) is 6.54 Å². The van der Waals surface area contributed by atoms with Crippen LogP contribution in [0.4, 0.5) is 0 Å². The van der Waals surface area contributed by atoms with Crippen molar-refractivity contribution in [3.8, 4) is 0 Å². The molecule has 0 radical (unpaired) electrons. The Balaban J connectivity index is 1.59. The molecule has 0 unspecified atom stereocenters. The molecule has 0 saturated carbocycles. The number of H-pyrrole nitrogens is 1. The highest BCUT2D eigenvalue weighted by Gasteiger charge is 2.35. The molecule has 5 rings (SSSR count). The van der Waals surface area contributed by atoms with Gasteiger partial charge in [-0.1, -0.05) is 12.1 Å². The average Bonchev–Trinajstić information content (AvgIpc) is 3.42. The normalized spacial score (nSPS) is 21.3. The molecule has 2 saturated heterocycles. The topological polar surface area (TPSA) is 90.1 Å². The first-order valence-corrected chi connectivity index (χ1v) is 11.0. The first-order valence-electron chi connectivity index (χ1n) is 11.0. The summed E-state index contributed by atoms with van der Waals surface area (Å²) in [6.45, 7) is 5.50. The van der Waals surface area contributed by atoms with Gasteiger partial charge < -0.3 is 14.6 Å². The van der Waals surface area contributed by atoms with Gasteiger partial charge in [-0.15, -0.1) is 5.10 Å². The summed E-state index contributed by atoms with van der Waals surface area (Å²) in [6.07, 6.45) is 5.79. The number of benzene rings is 1. The van der Waals surface area contributed by atoms with Crippen molar-refractivity contribution in [1.82, 2.24) is 25.2 Å². The fraction of sp³-hybridized carbons (Fsp3) is 0.545. The van der Waals surface area contributed by atoms with E-state index in [0.717, 1.165) is 73.2 Å². The van der Waals surface area contributed by atoms with Crippen molar-refractivity contribution in [3.63, 3.8) is 0 Å². The second kappa shape index (κ2) is 8.28. The number of ether oxygens (including phenoxy) is 1. The van der Waals surface area contributed by atoms with Crippen LogP contribution < -0.4 is 10.5 Å². The van der Waals surface area contributed by atoms with Gasteiger partial charge >= 0.3 is 0 Å². The van der Waals surface area contributed by atoms with E-state index < -0.39 is 0 Å². The highest BCUT2D eigenvalue weighted by Crippen LogP contribution is 2.21. The van der Waals surface area contributed by atoms with E-state index in [2.05, 4.69) is 32.6 Å². The lowest BCUT2D eigenvalue weighted by atomic mass is 10.00. The van der Waals surface area contributed by atoms with Crippen molar-refractivity contribution >= 4 is 10.9 Å². The Bertz CT molecular complexity index is 1080. The molecule has 3 aromatic rings. The molecule has 2 atom stereocenters. The molecule has 0 bridgehead atoms. The molecule has 0 amide bonds. The molecule has 0 spiro atoms. The number of fused-ring (bicyclic) bond motifs is 1. The van der Waals surface area contributed by atoms with Crippen LogP contribution in [0, 0.1) is 6.92 Å². The van der Waals surface area contributed by atoms with Crippen LogP contribution >= 0.6 is 0 Å². The Morgan fingerprint density at radius 2 is 2.10 bits per heavy atom. The second-order valence-electron chi connectivity index (χ2n) is 8.65. The van der Waals surface area contributed by atoms with Crippen molar-refractivity contribution in [2.45, 2.75) is 57.7 Å². The fourth-order valence-electron chi connectivity index (χ4n) is 4.91. The standard InChI is InChI=1S/C22H28N6O2/c1-15-7-8-16-13-18(22(29)23-19(16)12-15)20(27-9-3-2-4-10-27)21-24-25-26-28(21)14-17-6-5-11-30-17/h7-8,12-13,17,20H,2-6,9-11,14H2,1H3,(H,23,29)/p+1/t17-,20-/m0/s1. The second-order valence-corrected chi connectivity index (χ2v) is 8.65. The van der Waals surface area contributed by atoms with Crippen LogP contribution in [0.3, 0.4) is 0 Å². The first kappa shape index (κ1) is 19.4. The molecule has 0 aliphatic carbocycles. The number of piperidine rings is 1. The summed E-state index contributed by atoms with van der Waals surface area (Å²) in [4.78, 5) is 17.7. The Morgan fingerprint density at radius 1 is 1.23 bits per heavy atom. The van der Waals surface area contributed by atoms with Gasteiger partial charge in [0.1, 0.15) is 0 Å². The third-order valence-corrected chi connectivity index (χ3v) is 6.46. The molecule has 8 nitrogen and oxygen atoms in total. The van der Waals surface area contributed by atoms with Crippen LogP contribution in [0.1, 0.15) is 55.1 Å². The quantitative estimate of drug-likeness (QED) is 0.660. The minimum absolute atomic E-state index is 0.0529. The fourth-order valence-corrected chi connectivity index (χ4v) is 4.91. The SMILES string of the molecule is Cc1ccc2cc([C@@H](c3nnnn3C[C@@H]3CCCO3)[NH+]3CCCCC3)c(=O)[nH]c2c1. The molecule has 2 fully saturated rings. The van der Waals surface area contributed by atoms with Gasteiger partial charge in [-0.2, -0.15) is 0 Å². The number of quaternary nitrogens is 1. The smallest absolute Gasteiger partial charge is 0.258 e. The van der Waals surface area contributed by atoms with E-state index in [-0.39, 0.29) is 17.7 Å². The summed E-state index contributed by atoms with van der Waals surface area (Å²) < 4.78 is 7.68. The molecule has 2 N–H and O–H groups in total. The van der Waals surface area contributed by atoms with Gasteiger partial charge in [0.05, 0.1) is 31.3 Å². The predicted octanol–water partition coefficient (Wildman–Crippen LogP) is 1.16. The monoisotopic (exact) mass is 409 g/mol. The average molecular weight is 410 g/mol. The van der Waals surface area contributed by atoms with Crippen molar-refractivity contribution in [2.24, 2.45) is 0 Å². The summed E-state index contributed by atoms with van der Waals surface area (Å²) in [5, 5.41) is 13.7. The molecule has 30 heavy (non-hydrogen) atoms. The highest BCUT2D eigenvalue weighted by molar-refractivity contribution is 5.79. The number of nitrogens with one attached hydrogen (secondary N) is 2. The van der Waals surface area contributed by atoms with Crippen LogP contribution in [0.5, 0.6) is 0 Å². The maximum Gasteiger partial charge on any atom is 0.258 e. The van der Waals surface area contributed by atoms with Crippen LogP contribution in [-0.2, 0) is 11.3 Å². The summed E-state index contributed by atoms with van der Waals surface area (Å²) in [5.74, 6) is 0.763. The maximum atomic E-state index is 13.2. The molecular weight excluding hydrogens is 380 g/mol. The number of nitrogens with zero attached hydrogens (tertiary/aromatic N) is 4. The summed E-state index contributed by atoms with van der Waals surface area (Å²) >= 11 is 0. The van der Waals surface area contributed by atoms with E-state index in [9.17, 15) is 4.79 Å². The number of aromatic nitrogens is 5. The van der Waals surface area contributed by atoms with E-state index in [1.807, 2.05) is 23.7 Å². The van der Waals surface area contributed by atoms with Gasteiger partial charge in [-0.25, -0.2) is 4.68 Å². The van der Waals surface area contributed by atoms with Crippen LogP contribution in [0.25, 0.3) is 10.9 Å². The number of aryl methyl sites for hydroxylation is 1. The number of likely N-dealkylation sites (tertiary alicyclic amines) is 1. The molecule has 8 heteroatoms. The van der Waals surface area contributed by atoms with Crippen molar-refractivity contribution in [1.29, 1.82) is 0 Å². The largest absolute Gasteiger partial charge is 0.376 e. The predicted molar refractivity (Wildman–Crippen MR) is 112 cm³/mol. The maximum absolute atomic E-state index is 13.2. The Hall–Kier alpha value is -2.58. The molecular formula is C22H29N6O2+. The molecule has 4 heterocycles. The lowest BCUT2D eigenvalue weighted by Gasteiger charge is -2.30. The molecule has 1 aromatic carbocycles. The van der Waals surface area contributed by atoms with Crippen LogP contribution in [0.2, 0.25) is 0 Å². The van der Waals surface area contributed by atoms with E-state index >= 15 is 0 Å². The summed E-state index contributed by atoms with van der Waals surface area (Å²) in [6, 6.07) is 8.02. The number of hydrogen-bond donors (Lipinski definition) is 2. The van der Waals surface area contributed by atoms with Gasteiger partial charge in [0, 0.05) is 12.1 Å². The minimum Gasteiger partial charge on any atom is -0.376 e. The van der Waals surface area contributed by atoms with Crippen LogP contribution in [-0.4, -0.2) is 51.0 Å². The highest BCUT2D eigenvalue weighted by atomic mass is 16.5. The zero-order valence-electron chi connectivity index (χ0n) is 17.4. The zero-order chi connectivity index (χ0) is 20.5. The molecule has 2 aliphatic heterocycles. The van der Waals surface area contributed by atoms with Gasteiger partial charge in [-0.05, 0) is 72.5 Å². The summed E-state index contributed by atoms with van der Waals surface area (Å²) in [7, 11) is 0. The number of rotatable bonds is 5. The number of aromatic amines is 1. The van der Waals surface area contributed by atoms with Crippen LogP contribution in [0.15, 0.2) is 29.1 Å². The Kier molecular flexibility index (Phi) is 5.35. The van der Waals surface area contributed by atoms with Crippen molar-refractivity contribution < 1.29 is 9.64 Å². The third kappa shape index (κ3) is 3.77. The number of tetrazole rings is 1. The zero-order valence-corrected chi connectivity index (χ0v) is 17.4. The van der Waals surface area contributed by atoms with Gasteiger partial charge in [-0.3, -0.25) is 4.79 Å². The van der Waals surface area contributed by atoms with Crippen molar-refractivity contribution in [3.05, 3.63) is 51.6 Å². The third-order valence-electron chi connectivity index (χ3n) is 6.46. The summed E-state index contributed by atoms with van der Waals surface area (Å²) in [5.41, 5.74) is 2.69. The van der Waals surface area contributed by atoms with Gasteiger partial charge in [0.2, 0.25) is 5.82 Å². The minimum atomic E-state index is -0.184. The molecule has 2 aromatic heterocycles. The van der Waals surface area contributed by atoms with Crippen molar-refractivity contribution in [2.75, 3.05) is 19.7 Å². The van der Waals surface area contributed by atoms with E-state index in [1.165, 1.54) is 11.3 Å². The molecule has 2 aliphatic rings.